The number of nitrogens with one attached hydrogen (secondary N) is 2. The molecule has 0 aromatic carbocycles. The smallest absolute Gasteiger partial charge is 0.237 e. The molecule has 2 N–H and O–H groups in total. The molecule has 3 unspecified atom stereocenters. The van der Waals surface area contributed by atoms with E-state index in [1.54, 1.807) is 0 Å². The van der Waals surface area contributed by atoms with E-state index in [2.05, 4.69) is 30.7 Å². The summed E-state index contributed by atoms with van der Waals surface area (Å²) in [6, 6.07) is 0.752. The molecule has 0 saturated heterocycles. The number of hydrogen-bond acceptors (Lipinski definition) is 3. The molecule has 0 bridgehead atoms. The Morgan fingerprint density at radius 3 is 2.58 bits per heavy atom. The van der Waals surface area contributed by atoms with Gasteiger partial charge in [0.15, 0.2) is 0 Å². The monoisotopic (exact) mass is 286 g/mol. The van der Waals surface area contributed by atoms with Gasteiger partial charge in [-0.25, -0.2) is 0 Å². The lowest BCUT2D eigenvalue weighted by Gasteiger charge is -2.31. The van der Waals surface area contributed by atoms with Gasteiger partial charge in [0.05, 0.1) is 6.04 Å². The lowest BCUT2D eigenvalue weighted by atomic mass is 9.94. The Balaban J connectivity index is 2.36. The first-order valence-electron chi connectivity index (χ1n) is 7.69. The fourth-order valence-electron chi connectivity index (χ4n) is 2.76. The average Bonchev–Trinajstić information content (AvgIpc) is 2.44. The van der Waals surface area contributed by atoms with Gasteiger partial charge in [0.1, 0.15) is 0 Å². The highest BCUT2D eigenvalue weighted by Gasteiger charge is 2.24. The number of thioether (sulfide) groups is 1. The molecule has 4 heteroatoms. The molecule has 1 amide bonds. The Labute approximate surface area is 122 Å². The van der Waals surface area contributed by atoms with Crippen LogP contribution >= 0.6 is 11.8 Å². The molecule has 3 atom stereocenters. The van der Waals surface area contributed by atoms with Gasteiger partial charge in [0, 0.05) is 17.3 Å². The topological polar surface area (TPSA) is 41.1 Å². The molecule has 0 aromatic rings. The Kier molecular flexibility index (Phi) is 7.84. The van der Waals surface area contributed by atoms with Gasteiger partial charge in [-0.15, -0.1) is 0 Å². The minimum Gasteiger partial charge on any atom is -0.352 e. The van der Waals surface area contributed by atoms with E-state index in [0.717, 1.165) is 18.1 Å². The van der Waals surface area contributed by atoms with Crippen molar-refractivity contribution in [2.75, 3.05) is 6.26 Å². The van der Waals surface area contributed by atoms with Gasteiger partial charge in [-0.05, 0) is 45.3 Å². The third kappa shape index (κ3) is 5.74. The zero-order valence-electron chi connectivity index (χ0n) is 12.9. The van der Waals surface area contributed by atoms with Gasteiger partial charge in [-0.2, -0.15) is 11.8 Å². The van der Waals surface area contributed by atoms with Gasteiger partial charge < -0.3 is 10.6 Å². The highest BCUT2D eigenvalue weighted by Crippen LogP contribution is 2.27. The second-order valence-electron chi connectivity index (χ2n) is 5.63. The molecule has 1 saturated carbocycles. The lowest BCUT2D eigenvalue weighted by molar-refractivity contribution is -0.123. The number of rotatable bonds is 7. The molecule has 19 heavy (non-hydrogen) atoms. The summed E-state index contributed by atoms with van der Waals surface area (Å²) in [5.74, 6) is 0.153. The van der Waals surface area contributed by atoms with Crippen LogP contribution in [-0.2, 0) is 4.79 Å². The van der Waals surface area contributed by atoms with Gasteiger partial charge in [-0.1, -0.05) is 20.3 Å². The Bertz CT molecular complexity index is 269. The minimum absolute atomic E-state index is 0.0776. The molecule has 0 spiro atoms. The Morgan fingerprint density at radius 2 is 2.00 bits per heavy atom. The van der Waals surface area contributed by atoms with Crippen LogP contribution in [0, 0.1) is 0 Å². The first-order valence-corrected chi connectivity index (χ1v) is 8.98. The fraction of sp³-hybridized carbons (Fsp3) is 0.933. The van der Waals surface area contributed by atoms with Crippen LogP contribution in [0.2, 0.25) is 0 Å². The highest BCUT2D eigenvalue weighted by atomic mass is 32.2. The van der Waals surface area contributed by atoms with Crippen molar-refractivity contribution >= 4 is 17.7 Å². The minimum atomic E-state index is -0.0776. The summed E-state index contributed by atoms with van der Waals surface area (Å²) in [5.41, 5.74) is 0. The standard InChI is InChI=1S/C15H30N2OS/c1-5-12(6-2)17-15(18)11(3)16-13-8-7-9-14(10-13)19-4/h11-14,16H,5-10H2,1-4H3,(H,17,18). The summed E-state index contributed by atoms with van der Waals surface area (Å²) in [4.78, 5) is 12.1. The Hall–Kier alpha value is -0.220. The average molecular weight is 286 g/mol. The van der Waals surface area contributed by atoms with Gasteiger partial charge in [0.2, 0.25) is 5.91 Å². The van der Waals surface area contributed by atoms with E-state index in [1.165, 1.54) is 25.7 Å². The molecular formula is C15H30N2OS. The summed E-state index contributed by atoms with van der Waals surface area (Å²) >= 11 is 1.96. The zero-order chi connectivity index (χ0) is 14.3. The molecule has 1 aliphatic carbocycles. The van der Waals surface area contributed by atoms with E-state index < -0.39 is 0 Å². The number of carbonyl (C=O) groups is 1. The lowest BCUT2D eigenvalue weighted by Crippen LogP contribution is -2.50. The third-order valence-electron chi connectivity index (χ3n) is 4.17. The van der Waals surface area contributed by atoms with Crippen molar-refractivity contribution in [3.05, 3.63) is 0 Å². The molecule has 112 valence electrons. The largest absolute Gasteiger partial charge is 0.352 e. The van der Waals surface area contributed by atoms with Crippen molar-refractivity contribution in [1.29, 1.82) is 0 Å². The van der Waals surface area contributed by atoms with E-state index in [4.69, 9.17) is 0 Å². The molecule has 0 aromatic heterocycles. The van der Waals surface area contributed by atoms with Crippen molar-refractivity contribution in [3.8, 4) is 0 Å². The van der Waals surface area contributed by atoms with E-state index >= 15 is 0 Å². The molecule has 0 radical (unpaired) electrons. The second kappa shape index (κ2) is 8.85. The van der Waals surface area contributed by atoms with Crippen LogP contribution in [0.15, 0.2) is 0 Å². The maximum absolute atomic E-state index is 12.1. The summed E-state index contributed by atoms with van der Waals surface area (Å²) in [6.07, 6.45) is 9.22. The molecule has 1 rings (SSSR count). The molecule has 0 aliphatic heterocycles. The van der Waals surface area contributed by atoms with Crippen molar-refractivity contribution < 1.29 is 4.79 Å². The normalized spacial score (nSPS) is 25.3. The summed E-state index contributed by atoms with van der Waals surface area (Å²) < 4.78 is 0. The first-order chi connectivity index (χ1) is 9.10. The van der Waals surface area contributed by atoms with Crippen molar-refractivity contribution in [1.82, 2.24) is 10.6 Å². The fourth-order valence-corrected chi connectivity index (χ4v) is 3.59. The van der Waals surface area contributed by atoms with E-state index in [0.29, 0.717) is 12.1 Å². The number of amides is 1. The van der Waals surface area contributed by atoms with Crippen LogP contribution in [-0.4, -0.2) is 35.5 Å². The van der Waals surface area contributed by atoms with Crippen LogP contribution < -0.4 is 10.6 Å². The molecule has 1 aliphatic rings. The van der Waals surface area contributed by atoms with Crippen LogP contribution in [0.3, 0.4) is 0 Å². The third-order valence-corrected chi connectivity index (χ3v) is 5.27. The summed E-state index contributed by atoms with van der Waals surface area (Å²) in [6.45, 7) is 6.23. The van der Waals surface area contributed by atoms with Gasteiger partial charge in [0.25, 0.3) is 0 Å². The Morgan fingerprint density at radius 1 is 1.32 bits per heavy atom. The number of carbonyl (C=O) groups excluding carboxylic acids is 1. The SMILES string of the molecule is CCC(CC)NC(=O)C(C)NC1CCCC(SC)C1. The van der Waals surface area contributed by atoms with E-state index in [9.17, 15) is 4.79 Å². The van der Waals surface area contributed by atoms with Crippen molar-refractivity contribution in [3.63, 3.8) is 0 Å². The van der Waals surface area contributed by atoms with Crippen LogP contribution in [0.1, 0.15) is 59.3 Å². The zero-order valence-corrected chi connectivity index (χ0v) is 13.7. The van der Waals surface area contributed by atoms with Crippen LogP contribution in [0.5, 0.6) is 0 Å². The second-order valence-corrected chi connectivity index (χ2v) is 6.77. The van der Waals surface area contributed by atoms with Crippen molar-refractivity contribution in [2.45, 2.75) is 82.7 Å². The van der Waals surface area contributed by atoms with E-state index in [1.807, 2.05) is 18.7 Å². The van der Waals surface area contributed by atoms with Crippen LogP contribution in [0.25, 0.3) is 0 Å². The number of hydrogen-bond donors (Lipinski definition) is 2. The molecule has 3 nitrogen and oxygen atoms in total. The van der Waals surface area contributed by atoms with Gasteiger partial charge in [-0.3, -0.25) is 4.79 Å². The molecule has 0 heterocycles. The summed E-state index contributed by atoms with van der Waals surface area (Å²) in [7, 11) is 0. The summed E-state index contributed by atoms with van der Waals surface area (Å²) in [5, 5.41) is 7.40. The highest BCUT2D eigenvalue weighted by molar-refractivity contribution is 7.99. The quantitative estimate of drug-likeness (QED) is 0.756. The predicted octanol–water partition coefficient (Wildman–Crippen LogP) is 2.94. The maximum Gasteiger partial charge on any atom is 0.237 e. The maximum atomic E-state index is 12.1. The molecule has 1 fully saturated rings. The van der Waals surface area contributed by atoms with Crippen molar-refractivity contribution in [2.24, 2.45) is 0 Å². The molecular weight excluding hydrogens is 256 g/mol. The van der Waals surface area contributed by atoms with E-state index in [-0.39, 0.29) is 11.9 Å². The van der Waals surface area contributed by atoms with Crippen LogP contribution in [0.4, 0.5) is 0 Å². The predicted molar refractivity (Wildman–Crippen MR) is 84.7 cm³/mol. The first kappa shape index (κ1) is 16.8. The van der Waals surface area contributed by atoms with Gasteiger partial charge >= 0.3 is 0 Å².